The van der Waals surface area contributed by atoms with Gasteiger partial charge in [0.2, 0.25) is 0 Å². The molecule has 0 aromatic heterocycles. The Bertz CT molecular complexity index is 689. The topological polar surface area (TPSA) is 50.1 Å². The van der Waals surface area contributed by atoms with E-state index < -0.39 is 0 Å². The van der Waals surface area contributed by atoms with Crippen molar-refractivity contribution < 1.29 is 9.53 Å². The van der Waals surface area contributed by atoms with Crippen LogP contribution in [-0.2, 0) is 0 Å². The fourth-order valence-electron chi connectivity index (χ4n) is 1.76. The number of benzene rings is 2. The van der Waals surface area contributed by atoms with Crippen LogP contribution in [0, 0.1) is 18.3 Å². The normalized spacial score (nSPS) is 9.85. The molecule has 0 saturated carbocycles. The molecule has 3 nitrogen and oxygen atoms in total. The summed E-state index contributed by atoms with van der Waals surface area (Å²) in [6.45, 7) is 1.89. The van der Waals surface area contributed by atoms with Crippen molar-refractivity contribution in [1.82, 2.24) is 0 Å². The Morgan fingerprint density at radius 3 is 2.80 bits per heavy atom. The number of ketones is 1. The van der Waals surface area contributed by atoms with Crippen LogP contribution in [-0.4, -0.2) is 5.78 Å². The predicted molar refractivity (Wildman–Crippen MR) is 77.3 cm³/mol. The highest BCUT2D eigenvalue weighted by Crippen LogP contribution is 2.27. The molecule has 0 aliphatic heterocycles. The quantitative estimate of drug-likeness (QED) is 0.775. The van der Waals surface area contributed by atoms with Crippen molar-refractivity contribution in [3.63, 3.8) is 0 Å². The summed E-state index contributed by atoms with van der Waals surface area (Å²) in [5.41, 5.74) is 1.38. The van der Waals surface area contributed by atoms with Gasteiger partial charge in [-0.25, -0.2) is 0 Å². The molecule has 0 radical (unpaired) electrons. The van der Waals surface area contributed by atoms with Gasteiger partial charge in [-0.2, -0.15) is 5.26 Å². The number of carbonyl (C=O) groups is 1. The first-order valence-electron chi connectivity index (χ1n) is 6.04. The second-order valence-electron chi connectivity index (χ2n) is 4.30. The average molecular weight is 286 g/mol. The van der Waals surface area contributed by atoms with Gasteiger partial charge in [0.1, 0.15) is 11.5 Å². The number of ether oxygens (including phenoxy) is 1. The molecule has 0 aliphatic rings. The number of nitrogens with zero attached hydrogens (tertiary/aromatic N) is 1. The third kappa shape index (κ3) is 3.37. The molecule has 2 aromatic rings. The lowest BCUT2D eigenvalue weighted by Gasteiger charge is -2.09. The highest BCUT2D eigenvalue weighted by Gasteiger charge is 2.08. The standard InChI is InChI=1S/C16H12ClNO2/c1-11-9-13(17)5-6-16(11)20-14-4-2-3-12(10-14)15(19)7-8-18/h2-6,9-10H,7H2,1H3. The van der Waals surface area contributed by atoms with Gasteiger partial charge in [0.15, 0.2) is 5.78 Å². The van der Waals surface area contributed by atoms with Gasteiger partial charge in [0, 0.05) is 10.6 Å². The minimum atomic E-state index is -0.217. The van der Waals surface area contributed by atoms with Crippen molar-refractivity contribution in [2.45, 2.75) is 13.3 Å². The van der Waals surface area contributed by atoms with Crippen LogP contribution >= 0.6 is 11.6 Å². The SMILES string of the molecule is Cc1cc(Cl)ccc1Oc1cccc(C(=O)CC#N)c1. The number of hydrogen-bond donors (Lipinski definition) is 0. The van der Waals surface area contributed by atoms with Gasteiger partial charge in [-0.1, -0.05) is 23.7 Å². The molecule has 2 rings (SSSR count). The van der Waals surface area contributed by atoms with E-state index in [0.717, 1.165) is 5.56 Å². The zero-order chi connectivity index (χ0) is 14.5. The maximum absolute atomic E-state index is 11.7. The van der Waals surface area contributed by atoms with Crippen LogP contribution in [0.2, 0.25) is 5.02 Å². The van der Waals surface area contributed by atoms with Crippen LogP contribution in [0.4, 0.5) is 0 Å². The first kappa shape index (κ1) is 14.1. The van der Waals surface area contributed by atoms with Gasteiger partial charge < -0.3 is 4.74 Å². The lowest BCUT2D eigenvalue weighted by molar-refractivity contribution is 0.0997. The van der Waals surface area contributed by atoms with Crippen molar-refractivity contribution in [2.75, 3.05) is 0 Å². The minimum Gasteiger partial charge on any atom is -0.457 e. The maximum Gasteiger partial charge on any atom is 0.177 e. The summed E-state index contributed by atoms with van der Waals surface area (Å²) in [6.07, 6.45) is -0.135. The molecule has 0 bridgehead atoms. The minimum absolute atomic E-state index is 0.135. The van der Waals surface area contributed by atoms with E-state index in [1.165, 1.54) is 0 Å². The summed E-state index contributed by atoms with van der Waals surface area (Å²) >= 11 is 5.89. The third-order valence-electron chi connectivity index (χ3n) is 2.76. The number of rotatable bonds is 4. The van der Waals surface area contributed by atoms with Crippen molar-refractivity contribution in [2.24, 2.45) is 0 Å². The lowest BCUT2D eigenvalue weighted by atomic mass is 10.1. The van der Waals surface area contributed by atoms with E-state index in [-0.39, 0.29) is 12.2 Å². The monoisotopic (exact) mass is 285 g/mol. The summed E-state index contributed by atoms with van der Waals surface area (Å²) in [5, 5.41) is 9.20. The summed E-state index contributed by atoms with van der Waals surface area (Å²) in [4.78, 5) is 11.7. The number of aryl methyl sites for hydroxylation is 1. The van der Waals surface area contributed by atoms with E-state index in [0.29, 0.717) is 22.1 Å². The van der Waals surface area contributed by atoms with Crippen molar-refractivity contribution in [1.29, 1.82) is 5.26 Å². The van der Waals surface area contributed by atoms with Gasteiger partial charge >= 0.3 is 0 Å². The number of carbonyl (C=O) groups excluding carboxylic acids is 1. The number of hydrogen-bond acceptors (Lipinski definition) is 3. The Labute approximate surface area is 122 Å². The van der Waals surface area contributed by atoms with Gasteiger partial charge in [0.25, 0.3) is 0 Å². The largest absolute Gasteiger partial charge is 0.457 e. The molecule has 0 aliphatic carbocycles. The molecule has 0 N–H and O–H groups in total. The molecule has 0 unspecified atom stereocenters. The number of halogens is 1. The van der Waals surface area contributed by atoms with Gasteiger partial charge in [-0.05, 0) is 42.8 Å². The van der Waals surface area contributed by atoms with Gasteiger partial charge in [-0.15, -0.1) is 0 Å². The van der Waals surface area contributed by atoms with E-state index in [9.17, 15) is 4.79 Å². The molecule has 0 fully saturated rings. The highest BCUT2D eigenvalue weighted by molar-refractivity contribution is 6.30. The Kier molecular flexibility index (Phi) is 4.39. The van der Waals surface area contributed by atoms with E-state index in [1.807, 2.05) is 19.1 Å². The number of nitriles is 1. The van der Waals surface area contributed by atoms with Crippen LogP contribution in [0.1, 0.15) is 22.3 Å². The van der Waals surface area contributed by atoms with Gasteiger partial charge in [-0.3, -0.25) is 4.79 Å². The molecule has 0 atom stereocenters. The summed E-state index contributed by atoms with van der Waals surface area (Å²) in [7, 11) is 0. The summed E-state index contributed by atoms with van der Waals surface area (Å²) in [6, 6.07) is 14.0. The molecular formula is C16H12ClNO2. The first-order chi connectivity index (χ1) is 9.60. The van der Waals surface area contributed by atoms with E-state index in [4.69, 9.17) is 21.6 Å². The molecule has 100 valence electrons. The fraction of sp³-hybridized carbons (Fsp3) is 0.125. The second kappa shape index (κ2) is 6.23. The third-order valence-corrected chi connectivity index (χ3v) is 3.00. The van der Waals surface area contributed by atoms with E-state index in [1.54, 1.807) is 36.4 Å². The summed E-state index contributed by atoms with van der Waals surface area (Å²) in [5.74, 6) is 1.02. The van der Waals surface area contributed by atoms with Crippen molar-refractivity contribution in [3.05, 3.63) is 58.6 Å². The lowest BCUT2D eigenvalue weighted by Crippen LogP contribution is -1.97. The zero-order valence-electron chi connectivity index (χ0n) is 10.9. The van der Waals surface area contributed by atoms with Gasteiger partial charge in [0.05, 0.1) is 12.5 Å². The maximum atomic E-state index is 11.7. The van der Waals surface area contributed by atoms with Crippen LogP contribution in [0.15, 0.2) is 42.5 Å². The molecule has 0 spiro atoms. The average Bonchev–Trinajstić information content (AvgIpc) is 2.43. The molecular weight excluding hydrogens is 274 g/mol. The van der Waals surface area contributed by atoms with Crippen LogP contribution in [0.5, 0.6) is 11.5 Å². The Morgan fingerprint density at radius 1 is 1.30 bits per heavy atom. The summed E-state index contributed by atoms with van der Waals surface area (Å²) < 4.78 is 5.74. The van der Waals surface area contributed by atoms with Crippen LogP contribution in [0.3, 0.4) is 0 Å². The van der Waals surface area contributed by atoms with E-state index in [2.05, 4.69) is 0 Å². The van der Waals surface area contributed by atoms with Crippen molar-refractivity contribution in [3.8, 4) is 17.6 Å². The smallest absolute Gasteiger partial charge is 0.177 e. The van der Waals surface area contributed by atoms with Crippen LogP contribution < -0.4 is 4.74 Å². The predicted octanol–water partition coefficient (Wildman–Crippen LogP) is 4.54. The molecule has 0 saturated heterocycles. The van der Waals surface area contributed by atoms with Crippen LogP contribution in [0.25, 0.3) is 0 Å². The Balaban J connectivity index is 2.24. The van der Waals surface area contributed by atoms with Crippen molar-refractivity contribution >= 4 is 17.4 Å². The Morgan fingerprint density at radius 2 is 2.10 bits per heavy atom. The molecule has 20 heavy (non-hydrogen) atoms. The first-order valence-corrected chi connectivity index (χ1v) is 6.42. The second-order valence-corrected chi connectivity index (χ2v) is 4.73. The zero-order valence-corrected chi connectivity index (χ0v) is 11.6. The highest BCUT2D eigenvalue weighted by atomic mass is 35.5. The number of Topliss-reactive ketones (excluding diaryl/α,β-unsaturated/α-hetero) is 1. The van der Waals surface area contributed by atoms with E-state index >= 15 is 0 Å². The molecule has 0 heterocycles. The molecule has 0 amide bonds. The Hall–Kier alpha value is -2.31. The molecule has 2 aromatic carbocycles. The molecule has 4 heteroatoms. The fourth-order valence-corrected chi connectivity index (χ4v) is 1.99.